The number of nitrogens with one attached hydrogen (secondary N) is 2. The minimum absolute atomic E-state index is 0.166. The lowest BCUT2D eigenvalue weighted by Gasteiger charge is -2.22. The molecule has 0 saturated carbocycles. The van der Waals surface area contributed by atoms with Gasteiger partial charge in [-0.05, 0) is 67.4 Å². The molecule has 1 aliphatic heterocycles. The van der Waals surface area contributed by atoms with Crippen molar-refractivity contribution in [2.24, 2.45) is 0 Å². The number of nitrogens with zero attached hydrogens (tertiary/aromatic N) is 3. The number of benzene rings is 2. The van der Waals surface area contributed by atoms with Crippen molar-refractivity contribution in [1.82, 2.24) is 15.2 Å². The molecule has 0 radical (unpaired) electrons. The van der Waals surface area contributed by atoms with E-state index in [1.54, 1.807) is 60.6 Å². The number of anilines is 2. The molecule has 1 aliphatic rings. The Hall–Kier alpha value is -4.33. The number of aryl methyl sites for hydroxylation is 1. The second-order valence-corrected chi connectivity index (χ2v) is 7.84. The van der Waals surface area contributed by atoms with Crippen molar-refractivity contribution in [2.45, 2.75) is 13.3 Å². The summed E-state index contributed by atoms with van der Waals surface area (Å²) < 4.78 is 13.5. The standard InChI is InChI=1S/C25H20FN5O2/c1-15-4-7-18(26)13-20(15)24(32)29-19-8-5-16(6-9-19)25(33)31-12-10-17-14-28-30-22(17)23-21(31)3-2-11-27-23/h2-9,11,13-14H,10,12H2,1H3,(H,28,30)(H,29,32). The SMILES string of the molecule is Cc1ccc(F)cc1C(=O)Nc1ccc(C(=O)N2CCc3cn[nH]c3-c3ncccc32)cc1. The number of carbonyl (C=O) groups excluding carboxylic acids is 2. The second kappa shape index (κ2) is 8.31. The summed E-state index contributed by atoms with van der Waals surface area (Å²) in [6.45, 7) is 2.23. The number of hydrogen-bond donors (Lipinski definition) is 2. The van der Waals surface area contributed by atoms with Crippen LogP contribution in [0.4, 0.5) is 15.8 Å². The van der Waals surface area contributed by atoms with Crippen molar-refractivity contribution in [3.8, 4) is 11.4 Å². The molecule has 33 heavy (non-hydrogen) atoms. The van der Waals surface area contributed by atoms with Gasteiger partial charge in [0.25, 0.3) is 11.8 Å². The Morgan fingerprint density at radius 3 is 2.76 bits per heavy atom. The molecule has 2 aromatic heterocycles. The van der Waals surface area contributed by atoms with E-state index in [0.29, 0.717) is 41.2 Å². The number of halogens is 1. The van der Waals surface area contributed by atoms with Crippen LogP contribution >= 0.6 is 0 Å². The van der Waals surface area contributed by atoms with Crippen LogP contribution in [-0.2, 0) is 6.42 Å². The van der Waals surface area contributed by atoms with Crippen molar-refractivity contribution >= 4 is 23.2 Å². The highest BCUT2D eigenvalue weighted by Crippen LogP contribution is 2.33. The summed E-state index contributed by atoms with van der Waals surface area (Å²) in [6, 6.07) is 14.4. The van der Waals surface area contributed by atoms with Gasteiger partial charge in [0, 0.05) is 35.1 Å². The van der Waals surface area contributed by atoms with Gasteiger partial charge in [0.05, 0.1) is 17.6 Å². The van der Waals surface area contributed by atoms with Gasteiger partial charge in [-0.25, -0.2) is 4.39 Å². The van der Waals surface area contributed by atoms with Crippen LogP contribution in [0, 0.1) is 12.7 Å². The highest BCUT2D eigenvalue weighted by atomic mass is 19.1. The third kappa shape index (κ3) is 3.87. The van der Waals surface area contributed by atoms with E-state index in [1.165, 1.54) is 12.1 Å². The summed E-state index contributed by atoms with van der Waals surface area (Å²) in [5, 5.41) is 9.85. The van der Waals surface area contributed by atoms with Crippen molar-refractivity contribution in [3.05, 3.63) is 95.1 Å². The summed E-state index contributed by atoms with van der Waals surface area (Å²) in [5.41, 5.74) is 5.17. The van der Waals surface area contributed by atoms with Gasteiger partial charge in [0.15, 0.2) is 0 Å². The van der Waals surface area contributed by atoms with Crippen molar-refractivity contribution in [2.75, 3.05) is 16.8 Å². The quantitative estimate of drug-likeness (QED) is 0.494. The van der Waals surface area contributed by atoms with Gasteiger partial charge in [-0.2, -0.15) is 5.10 Å². The first-order valence-corrected chi connectivity index (χ1v) is 10.5. The molecule has 4 aromatic rings. The summed E-state index contributed by atoms with van der Waals surface area (Å²) >= 11 is 0. The molecule has 0 spiro atoms. The maximum atomic E-state index is 13.5. The Kier molecular flexibility index (Phi) is 5.18. The van der Waals surface area contributed by atoms with E-state index < -0.39 is 11.7 Å². The lowest BCUT2D eigenvalue weighted by atomic mass is 10.1. The average molecular weight is 441 g/mol. The highest BCUT2D eigenvalue weighted by molar-refractivity contribution is 6.09. The minimum Gasteiger partial charge on any atom is -0.322 e. The fourth-order valence-electron chi connectivity index (χ4n) is 3.97. The Balaban J connectivity index is 1.37. The first kappa shape index (κ1) is 20.6. The van der Waals surface area contributed by atoms with E-state index in [0.717, 1.165) is 11.3 Å². The van der Waals surface area contributed by atoms with E-state index in [9.17, 15) is 14.0 Å². The Labute approximate surface area is 189 Å². The molecular formula is C25H20FN5O2. The molecular weight excluding hydrogens is 421 g/mol. The third-order valence-corrected chi connectivity index (χ3v) is 5.72. The van der Waals surface area contributed by atoms with Gasteiger partial charge in [0.2, 0.25) is 0 Å². The number of hydrogen-bond acceptors (Lipinski definition) is 4. The minimum atomic E-state index is -0.471. The van der Waals surface area contributed by atoms with Crippen molar-refractivity contribution < 1.29 is 14.0 Å². The lowest BCUT2D eigenvalue weighted by molar-refractivity contribution is 0.0986. The van der Waals surface area contributed by atoms with Crippen LogP contribution in [0.3, 0.4) is 0 Å². The molecule has 8 heteroatoms. The van der Waals surface area contributed by atoms with E-state index in [2.05, 4.69) is 20.5 Å². The maximum absolute atomic E-state index is 13.5. The summed E-state index contributed by atoms with van der Waals surface area (Å²) in [6.07, 6.45) is 4.10. The molecule has 7 nitrogen and oxygen atoms in total. The van der Waals surface area contributed by atoms with Crippen molar-refractivity contribution in [1.29, 1.82) is 0 Å². The number of aromatic amines is 1. The smallest absolute Gasteiger partial charge is 0.258 e. The predicted molar refractivity (Wildman–Crippen MR) is 123 cm³/mol. The average Bonchev–Trinajstić information content (AvgIpc) is 3.24. The van der Waals surface area contributed by atoms with Crippen LogP contribution in [0.2, 0.25) is 0 Å². The van der Waals surface area contributed by atoms with E-state index in [4.69, 9.17) is 0 Å². The van der Waals surface area contributed by atoms with Gasteiger partial charge < -0.3 is 10.2 Å². The highest BCUT2D eigenvalue weighted by Gasteiger charge is 2.26. The lowest BCUT2D eigenvalue weighted by Crippen LogP contribution is -2.32. The third-order valence-electron chi connectivity index (χ3n) is 5.72. The molecule has 0 fully saturated rings. The Bertz CT molecular complexity index is 1360. The molecule has 164 valence electrons. The number of fused-ring (bicyclic) bond motifs is 3. The van der Waals surface area contributed by atoms with Gasteiger partial charge >= 0.3 is 0 Å². The Morgan fingerprint density at radius 1 is 1.12 bits per heavy atom. The molecule has 0 saturated heterocycles. The molecule has 0 atom stereocenters. The van der Waals surface area contributed by atoms with E-state index in [1.807, 2.05) is 6.07 Å². The van der Waals surface area contributed by atoms with Crippen LogP contribution in [-0.4, -0.2) is 33.5 Å². The molecule has 2 amide bonds. The summed E-state index contributed by atoms with van der Waals surface area (Å²) in [7, 11) is 0. The maximum Gasteiger partial charge on any atom is 0.258 e. The molecule has 2 N–H and O–H groups in total. The number of H-pyrrole nitrogens is 1. The summed E-state index contributed by atoms with van der Waals surface area (Å²) in [4.78, 5) is 32.1. The second-order valence-electron chi connectivity index (χ2n) is 7.84. The van der Waals surface area contributed by atoms with Gasteiger partial charge in [-0.3, -0.25) is 19.7 Å². The molecule has 3 heterocycles. The zero-order chi connectivity index (χ0) is 22.9. The van der Waals surface area contributed by atoms with E-state index in [-0.39, 0.29) is 11.5 Å². The Morgan fingerprint density at radius 2 is 1.94 bits per heavy atom. The first-order valence-electron chi connectivity index (χ1n) is 10.5. The van der Waals surface area contributed by atoms with Gasteiger partial charge in [-0.1, -0.05) is 6.07 Å². The first-order chi connectivity index (χ1) is 16.0. The van der Waals surface area contributed by atoms with Crippen molar-refractivity contribution in [3.63, 3.8) is 0 Å². The zero-order valence-corrected chi connectivity index (χ0v) is 17.8. The summed E-state index contributed by atoms with van der Waals surface area (Å²) in [5.74, 6) is -1.05. The fraction of sp³-hybridized carbons (Fsp3) is 0.120. The van der Waals surface area contributed by atoms with Crippen LogP contribution < -0.4 is 10.2 Å². The predicted octanol–water partition coefficient (Wildman–Crippen LogP) is 4.37. The number of rotatable bonds is 3. The normalized spacial score (nSPS) is 12.5. The van der Waals surface area contributed by atoms with Gasteiger partial charge in [-0.15, -0.1) is 0 Å². The van der Waals surface area contributed by atoms with E-state index >= 15 is 0 Å². The van der Waals surface area contributed by atoms with Crippen LogP contribution in [0.5, 0.6) is 0 Å². The topological polar surface area (TPSA) is 91.0 Å². The number of carbonyl (C=O) groups is 2. The molecule has 0 bridgehead atoms. The number of amides is 2. The van der Waals surface area contributed by atoms with Crippen LogP contribution in [0.1, 0.15) is 31.8 Å². The molecule has 0 aliphatic carbocycles. The van der Waals surface area contributed by atoms with Gasteiger partial charge in [0.1, 0.15) is 11.5 Å². The zero-order valence-electron chi connectivity index (χ0n) is 17.8. The molecule has 2 aromatic carbocycles. The molecule has 0 unspecified atom stereocenters. The number of aromatic nitrogens is 3. The van der Waals surface area contributed by atoms with Crippen LogP contribution in [0.25, 0.3) is 11.4 Å². The fourth-order valence-corrected chi connectivity index (χ4v) is 3.97. The largest absolute Gasteiger partial charge is 0.322 e. The number of pyridine rings is 1. The van der Waals surface area contributed by atoms with Crippen LogP contribution in [0.15, 0.2) is 67.0 Å². The molecule has 5 rings (SSSR count). The monoisotopic (exact) mass is 441 g/mol.